The normalized spacial score (nSPS) is 12.6. The number of hydrogen-bond acceptors (Lipinski definition) is 18. The first-order valence-electron chi connectivity index (χ1n) is 24.6. The van der Waals surface area contributed by atoms with Crippen LogP contribution in [0.25, 0.3) is 43.1 Å². The van der Waals surface area contributed by atoms with Gasteiger partial charge >= 0.3 is 34.1 Å². The fourth-order valence-corrected chi connectivity index (χ4v) is 9.41. The summed E-state index contributed by atoms with van der Waals surface area (Å²) in [5.41, 5.74) is 2.73. The molecule has 22 nitrogen and oxygen atoms in total. The molecule has 8 aromatic rings. The van der Waals surface area contributed by atoms with Crippen molar-refractivity contribution >= 4 is 161 Å². The number of aliphatic hydroxyl groups is 2. The van der Waals surface area contributed by atoms with E-state index in [2.05, 4.69) is 0 Å². The maximum absolute atomic E-state index is 12.2. The topological polar surface area (TPSA) is 350 Å². The molecule has 0 aliphatic carbocycles. The van der Waals surface area contributed by atoms with Crippen molar-refractivity contribution in [2.24, 2.45) is 0 Å². The first kappa shape index (κ1) is 73.6. The van der Waals surface area contributed by atoms with Gasteiger partial charge in [0.05, 0.1) is 60.7 Å². The number of carbonyl (C=O) groups is 12. The van der Waals surface area contributed by atoms with E-state index in [9.17, 15) is 78.0 Å². The Balaban J connectivity index is 0.000000290. The number of hydrogen-bond donors (Lipinski definition) is 2. The average molecular weight is 1380 g/mol. The van der Waals surface area contributed by atoms with Gasteiger partial charge in [-0.2, -0.15) is 0 Å². The van der Waals surface area contributed by atoms with E-state index in [1.807, 2.05) is 0 Å². The summed E-state index contributed by atoms with van der Waals surface area (Å²) in [6, 6.07) is 40.7. The van der Waals surface area contributed by atoms with E-state index in [1.165, 1.54) is 0 Å². The Labute approximate surface area is 540 Å². The first-order chi connectivity index (χ1) is 41.2. The van der Waals surface area contributed by atoms with Crippen molar-refractivity contribution in [1.82, 2.24) is 19.6 Å². The van der Waals surface area contributed by atoms with Crippen LogP contribution < -0.4 is 20.4 Å². The van der Waals surface area contributed by atoms with Crippen LogP contribution in [0.5, 0.6) is 0 Å². The third-order valence-corrected chi connectivity index (χ3v) is 12.6. The minimum Gasteiger partial charge on any atom is -0.548 e. The number of amides is 8. The second-order valence-electron chi connectivity index (χ2n) is 17.3. The van der Waals surface area contributed by atoms with E-state index in [-0.39, 0.29) is 44.8 Å². The summed E-state index contributed by atoms with van der Waals surface area (Å²) in [5, 5.41) is 62.5. The average Bonchev–Trinajstić information content (AvgIpc) is 0.870. The van der Waals surface area contributed by atoms with Crippen molar-refractivity contribution in [3.05, 3.63) is 190 Å². The Bertz CT molecular complexity index is 3330. The molecule has 8 amide bonds. The van der Waals surface area contributed by atoms with Crippen molar-refractivity contribution in [2.75, 3.05) is 51.1 Å². The number of carboxylic acids is 4. The molecule has 28 heteroatoms. The zero-order valence-corrected chi connectivity index (χ0v) is 50.3. The van der Waals surface area contributed by atoms with Crippen LogP contribution in [0.4, 0.5) is 0 Å². The standard InChI is InChI=1S/4C14H9NO4.2CH2Cl2.2CH4O.2Cu/c4*16-11(17)7-15-13(18)9-5-1-3-8-4-2-6-10(12(8)9)14(15)19;2*2-1-3;2*1-2;;/h4*1-6H,7H2,(H,16,17);2*1H2;2*2H,1H3;;/q;;;;;;;;2*+2/p-4. The third-order valence-electron chi connectivity index (χ3n) is 12.6. The molecule has 0 spiro atoms. The van der Waals surface area contributed by atoms with Gasteiger partial charge in [0.2, 0.25) is 0 Å². The van der Waals surface area contributed by atoms with Gasteiger partial charge in [-0.15, -0.1) is 46.4 Å². The molecule has 2 radical (unpaired) electrons. The second kappa shape index (κ2) is 34.0. The van der Waals surface area contributed by atoms with Crippen molar-refractivity contribution in [2.45, 2.75) is 0 Å². The number of nitrogens with zero attached hydrogens (tertiary/aromatic N) is 4. The van der Waals surface area contributed by atoms with Gasteiger partial charge in [0, 0.05) is 80.3 Å². The van der Waals surface area contributed by atoms with Crippen LogP contribution in [-0.2, 0) is 53.3 Å². The maximum Gasteiger partial charge on any atom is 2.00 e. The predicted octanol–water partition coefficient (Wildman–Crippen LogP) is 2.80. The van der Waals surface area contributed by atoms with E-state index >= 15 is 0 Å². The van der Waals surface area contributed by atoms with Crippen molar-refractivity contribution in [1.29, 1.82) is 0 Å². The number of benzene rings is 8. The Morgan fingerprint density at radius 2 is 0.409 bits per heavy atom. The summed E-state index contributed by atoms with van der Waals surface area (Å²) >= 11 is 19.1. The fraction of sp³-hybridized carbons (Fsp3) is 0.133. The number of carboxylic acid groups (broad SMARTS) is 4. The van der Waals surface area contributed by atoms with Crippen LogP contribution in [0.1, 0.15) is 82.9 Å². The number of halogens is 4. The molecule has 0 atom stereocenters. The summed E-state index contributed by atoms with van der Waals surface area (Å²) in [5.74, 6) is -10.6. The molecule has 2 N–H and O–H groups in total. The third kappa shape index (κ3) is 16.1. The molecule has 0 aromatic heterocycles. The van der Waals surface area contributed by atoms with Gasteiger partial charge in [0.15, 0.2) is 0 Å². The molecule has 8 aromatic carbocycles. The Morgan fingerprint density at radius 3 is 0.511 bits per heavy atom. The molecule has 0 bridgehead atoms. The van der Waals surface area contributed by atoms with Crippen molar-refractivity contribution in [3.8, 4) is 0 Å². The number of alkyl halides is 4. The Kier molecular flexibility index (Phi) is 28.5. The molecule has 0 saturated heterocycles. The van der Waals surface area contributed by atoms with Crippen LogP contribution in [-0.4, -0.2) is 152 Å². The maximum atomic E-state index is 12.2. The number of carbonyl (C=O) groups excluding carboxylic acids is 12. The molecule has 462 valence electrons. The minimum atomic E-state index is -1.46. The zero-order chi connectivity index (χ0) is 63.7. The fourth-order valence-electron chi connectivity index (χ4n) is 9.41. The molecular formula is C60H44Cl4Cu2N4O18. The van der Waals surface area contributed by atoms with Gasteiger partial charge in [-0.3, -0.25) is 58.0 Å². The van der Waals surface area contributed by atoms with Gasteiger partial charge < -0.3 is 49.8 Å². The molecule has 4 heterocycles. The van der Waals surface area contributed by atoms with Gasteiger partial charge in [0.1, 0.15) is 0 Å². The molecule has 4 aliphatic heterocycles. The molecule has 0 fully saturated rings. The Hall–Kier alpha value is -8.64. The van der Waals surface area contributed by atoms with E-state index in [0.717, 1.165) is 35.8 Å². The number of imide groups is 4. The van der Waals surface area contributed by atoms with Crippen LogP contribution in [0, 0.1) is 0 Å². The SMILES string of the molecule is CO.CO.ClCCl.ClCCl.O=C([O-])CN1C(=O)c2cccc3cccc(c23)C1=O.O=C([O-])CN1C(=O)c2cccc3cccc(c23)C1=O.O=C([O-])CN1C(=O)c2cccc3cccc(c23)C1=O.O=C([O-])CN1C(=O)c2cccc3cccc(c23)C1=O.[Cu+2].[Cu+2]. The Morgan fingerprint density at radius 1 is 0.295 bits per heavy atom. The van der Waals surface area contributed by atoms with Crippen LogP contribution in [0.3, 0.4) is 0 Å². The molecular weight excluding hydrogens is 1330 g/mol. The molecule has 12 rings (SSSR count). The van der Waals surface area contributed by atoms with Crippen molar-refractivity contribution in [3.63, 3.8) is 0 Å². The summed E-state index contributed by atoms with van der Waals surface area (Å²) in [7, 11) is 2.00. The molecule has 0 saturated carbocycles. The number of aliphatic carboxylic acids is 4. The minimum absolute atomic E-state index is 0. The van der Waals surface area contributed by atoms with E-state index in [0.29, 0.717) is 85.7 Å². The largest absolute Gasteiger partial charge is 2.00 e. The molecule has 88 heavy (non-hydrogen) atoms. The van der Waals surface area contributed by atoms with Crippen LogP contribution >= 0.6 is 46.4 Å². The summed E-state index contributed by atoms with van der Waals surface area (Å²) in [6.07, 6.45) is 0. The van der Waals surface area contributed by atoms with Gasteiger partial charge in [0.25, 0.3) is 47.3 Å². The summed E-state index contributed by atoms with van der Waals surface area (Å²) < 4.78 is 0. The quantitative estimate of drug-likeness (QED) is 0.125. The number of rotatable bonds is 8. The second-order valence-corrected chi connectivity index (χ2v) is 18.9. The van der Waals surface area contributed by atoms with Crippen molar-refractivity contribution < 1.29 is 122 Å². The smallest absolute Gasteiger partial charge is 0.548 e. The van der Waals surface area contributed by atoms with Gasteiger partial charge in [-0.25, -0.2) is 0 Å². The van der Waals surface area contributed by atoms with E-state index in [1.54, 1.807) is 146 Å². The molecule has 0 unspecified atom stereocenters. The van der Waals surface area contributed by atoms with Crippen LogP contribution in [0.2, 0.25) is 0 Å². The summed E-state index contributed by atoms with van der Waals surface area (Å²) in [6.45, 7) is -2.93. The molecule has 4 aliphatic rings. The monoisotopic (exact) mass is 1370 g/mol. The van der Waals surface area contributed by atoms with Gasteiger partial charge in [-0.05, 0) is 70.1 Å². The van der Waals surface area contributed by atoms with E-state index < -0.39 is 97.3 Å². The van der Waals surface area contributed by atoms with Gasteiger partial charge in [-0.1, -0.05) is 97.1 Å². The predicted molar refractivity (Wildman–Crippen MR) is 307 cm³/mol. The zero-order valence-electron chi connectivity index (χ0n) is 45.4. The summed E-state index contributed by atoms with van der Waals surface area (Å²) in [4.78, 5) is 143. The first-order valence-corrected chi connectivity index (χ1v) is 26.8. The number of aliphatic hydroxyl groups excluding tert-OH is 2. The van der Waals surface area contributed by atoms with Crippen LogP contribution in [0.15, 0.2) is 146 Å². The van der Waals surface area contributed by atoms with E-state index in [4.69, 9.17) is 56.6 Å².